The minimum Gasteiger partial charge on any atom is -0.364 e. The van der Waals surface area contributed by atoms with E-state index in [1.165, 1.54) is 6.07 Å². The highest BCUT2D eigenvalue weighted by Crippen LogP contribution is 2.08. The number of amides is 1. The lowest BCUT2D eigenvalue weighted by Gasteiger charge is -2.02. The maximum absolute atomic E-state index is 10.8. The smallest absolute Gasteiger partial charge is 0.269 e. The Bertz CT molecular complexity index is 564. The van der Waals surface area contributed by atoms with Crippen molar-refractivity contribution in [1.29, 1.82) is 5.26 Å². The fraction of sp³-hybridized carbons (Fsp3) is 0. The van der Waals surface area contributed by atoms with Gasteiger partial charge in [0.25, 0.3) is 5.91 Å². The summed E-state index contributed by atoms with van der Waals surface area (Å²) in [5.74, 6) is -0.168. The van der Waals surface area contributed by atoms with Gasteiger partial charge in [-0.2, -0.15) is 5.26 Å². The number of hydrogen-bond acceptors (Lipinski definition) is 4. The van der Waals surface area contributed by atoms with Crippen LogP contribution in [0.25, 0.3) is 5.82 Å². The number of hydrogen-bond donors (Lipinski definition) is 1. The lowest BCUT2D eigenvalue weighted by Crippen LogP contribution is -2.14. The van der Waals surface area contributed by atoms with E-state index in [2.05, 4.69) is 10.2 Å². The molecule has 2 heterocycles. The molecule has 6 heteroatoms. The van der Waals surface area contributed by atoms with Gasteiger partial charge >= 0.3 is 0 Å². The maximum Gasteiger partial charge on any atom is 0.269 e. The van der Waals surface area contributed by atoms with Gasteiger partial charge in [0.1, 0.15) is 11.8 Å². The average molecular weight is 213 g/mol. The van der Waals surface area contributed by atoms with Crippen LogP contribution in [0.5, 0.6) is 0 Å². The molecule has 0 saturated heterocycles. The van der Waals surface area contributed by atoms with Crippen LogP contribution in [-0.4, -0.2) is 20.7 Å². The van der Waals surface area contributed by atoms with E-state index in [1.807, 2.05) is 6.07 Å². The topological polar surface area (TPSA) is 97.6 Å². The summed E-state index contributed by atoms with van der Waals surface area (Å²) in [5.41, 5.74) is 5.58. The zero-order valence-electron chi connectivity index (χ0n) is 8.16. The molecule has 0 aromatic carbocycles. The zero-order valence-corrected chi connectivity index (χ0v) is 8.16. The normalized spacial score (nSPS) is 9.69. The molecule has 1 amide bonds. The van der Waals surface area contributed by atoms with Gasteiger partial charge in [0.2, 0.25) is 0 Å². The van der Waals surface area contributed by atoms with Crippen LogP contribution in [0.4, 0.5) is 0 Å². The van der Waals surface area contributed by atoms with Crippen molar-refractivity contribution in [2.45, 2.75) is 0 Å². The van der Waals surface area contributed by atoms with Gasteiger partial charge in [-0.05, 0) is 24.3 Å². The third kappa shape index (κ3) is 1.62. The monoisotopic (exact) mass is 213 g/mol. The molecule has 0 spiro atoms. The standard InChI is InChI=1S/C10H7N5O/c11-6-7-2-1-5-15(7)9-4-3-8(10(12)16)13-14-9/h1-5H,(H2,12,16). The fourth-order valence-corrected chi connectivity index (χ4v) is 1.26. The number of carbonyl (C=O) groups excluding carboxylic acids is 1. The third-order valence-corrected chi connectivity index (χ3v) is 2.01. The van der Waals surface area contributed by atoms with Gasteiger partial charge in [0.05, 0.1) is 0 Å². The van der Waals surface area contributed by atoms with Gasteiger partial charge in [-0.15, -0.1) is 10.2 Å². The summed E-state index contributed by atoms with van der Waals surface area (Å²) in [6.07, 6.45) is 1.69. The van der Waals surface area contributed by atoms with Crippen LogP contribution in [0, 0.1) is 11.3 Å². The number of nitrogens with zero attached hydrogens (tertiary/aromatic N) is 4. The Morgan fingerprint density at radius 1 is 1.38 bits per heavy atom. The van der Waals surface area contributed by atoms with Gasteiger partial charge in [-0.25, -0.2) is 0 Å². The molecular formula is C10H7N5O. The highest BCUT2D eigenvalue weighted by atomic mass is 16.1. The van der Waals surface area contributed by atoms with Gasteiger partial charge in [0, 0.05) is 6.20 Å². The molecule has 0 aliphatic rings. The van der Waals surface area contributed by atoms with Crippen molar-refractivity contribution in [3.8, 4) is 11.9 Å². The van der Waals surface area contributed by atoms with Crippen LogP contribution < -0.4 is 5.73 Å². The van der Waals surface area contributed by atoms with Crippen molar-refractivity contribution < 1.29 is 4.79 Å². The van der Waals surface area contributed by atoms with Crippen molar-refractivity contribution in [1.82, 2.24) is 14.8 Å². The summed E-state index contributed by atoms with van der Waals surface area (Å²) in [6.45, 7) is 0. The second-order valence-corrected chi connectivity index (χ2v) is 3.02. The summed E-state index contributed by atoms with van der Waals surface area (Å²) in [6, 6.07) is 8.44. The summed E-state index contributed by atoms with van der Waals surface area (Å²) < 4.78 is 1.57. The summed E-state index contributed by atoms with van der Waals surface area (Å²) in [5, 5.41) is 16.3. The molecule has 0 aliphatic carbocycles. The quantitative estimate of drug-likeness (QED) is 0.772. The number of primary amides is 1. The number of aromatic nitrogens is 3. The summed E-state index contributed by atoms with van der Waals surface area (Å²) in [4.78, 5) is 10.8. The molecule has 0 radical (unpaired) electrons. The van der Waals surface area contributed by atoms with Crippen LogP contribution in [0.1, 0.15) is 16.2 Å². The molecule has 6 nitrogen and oxygen atoms in total. The Balaban J connectivity index is 2.43. The van der Waals surface area contributed by atoms with Gasteiger partial charge in [-0.1, -0.05) is 0 Å². The fourth-order valence-electron chi connectivity index (χ4n) is 1.26. The first-order valence-electron chi connectivity index (χ1n) is 4.44. The highest BCUT2D eigenvalue weighted by molar-refractivity contribution is 5.90. The highest BCUT2D eigenvalue weighted by Gasteiger charge is 2.06. The largest absolute Gasteiger partial charge is 0.364 e. The SMILES string of the molecule is N#Cc1cccn1-c1ccc(C(N)=O)nn1. The Labute approximate surface area is 90.9 Å². The first kappa shape index (κ1) is 9.86. The van der Waals surface area contributed by atoms with Gasteiger partial charge < -0.3 is 5.73 Å². The number of nitrogens with two attached hydrogens (primary N) is 1. The molecule has 78 valence electrons. The van der Waals surface area contributed by atoms with E-state index in [0.717, 1.165) is 0 Å². The van der Waals surface area contributed by atoms with Crippen LogP contribution >= 0.6 is 0 Å². The Morgan fingerprint density at radius 2 is 2.19 bits per heavy atom. The van der Waals surface area contributed by atoms with E-state index in [1.54, 1.807) is 29.0 Å². The summed E-state index contributed by atoms with van der Waals surface area (Å²) in [7, 11) is 0. The van der Waals surface area contributed by atoms with Gasteiger partial charge in [-0.3, -0.25) is 9.36 Å². The molecule has 0 saturated carbocycles. The Hall–Kier alpha value is -2.68. The maximum atomic E-state index is 10.8. The number of rotatable bonds is 2. The van der Waals surface area contributed by atoms with Crippen LogP contribution in [-0.2, 0) is 0 Å². The van der Waals surface area contributed by atoms with Crippen molar-refractivity contribution in [3.63, 3.8) is 0 Å². The van der Waals surface area contributed by atoms with Crippen molar-refractivity contribution in [3.05, 3.63) is 41.9 Å². The molecule has 0 atom stereocenters. The van der Waals surface area contributed by atoms with E-state index < -0.39 is 5.91 Å². The van der Waals surface area contributed by atoms with E-state index in [4.69, 9.17) is 11.0 Å². The van der Waals surface area contributed by atoms with E-state index in [0.29, 0.717) is 11.5 Å². The third-order valence-electron chi connectivity index (χ3n) is 2.01. The molecule has 0 unspecified atom stereocenters. The molecule has 0 aliphatic heterocycles. The van der Waals surface area contributed by atoms with Crippen LogP contribution in [0.15, 0.2) is 30.5 Å². The second kappa shape index (κ2) is 3.82. The Kier molecular flexibility index (Phi) is 2.36. The Morgan fingerprint density at radius 3 is 2.75 bits per heavy atom. The molecule has 2 aromatic rings. The van der Waals surface area contributed by atoms with E-state index in [-0.39, 0.29) is 5.69 Å². The average Bonchev–Trinajstić information content (AvgIpc) is 2.77. The van der Waals surface area contributed by atoms with E-state index >= 15 is 0 Å². The lowest BCUT2D eigenvalue weighted by molar-refractivity contribution is 0.0994. The van der Waals surface area contributed by atoms with Crippen molar-refractivity contribution >= 4 is 5.91 Å². The van der Waals surface area contributed by atoms with Crippen molar-refractivity contribution in [2.24, 2.45) is 5.73 Å². The lowest BCUT2D eigenvalue weighted by atomic mass is 10.3. The van der Waals surface area contributed by atoms with Crippen LogP contribution in [0.2, 0.25) is 0 Å². The first-order valence-corrected chi connectivity index (χ1v) is 4.44. The van der Waals surface area contributed by atoms with Crippen molar-refractivity contribution in [2.75, 3.05) is 0 Å². The number of carbonyl (C=O) groups is 1. The second-order valence-electron chi connectivity index (χ2n) is 3.02. The zero-order chi connectivity index (χ0) is 11.5. The molecule has 2 rings (SSSR count). The molecule has 2 aromatic heterocycles. The molecule has 2 N–H and O–H groups in total. The molecular weight excluding hydrogens is 206 g/mol. The predicted octanol–water partition coefficient (Wildman–Crippen LogP) is 0.238. The number of nitriles is 1. The first-order chi connectivity index (χ1) is 7.72. The molecule has 16 heavy (non-hydrogen) atoms. The minimum atomic E-state index is -0.632. The van der Waals surface area contributed by atoms with Crippen LogP contribution in [0.3, 0.4) is 0 Å². The molecule has 0 fully saturated rings. The van der Waals surface area contributed by atoms with E-state index in [9.17, 15) is 4.79 Å². The van der Waals surface area contributed by atoms with Gasteiger partial charge in [0.15, 0.2) is 11.5 Å². The molecule has 0 bridgehead atoms. The minimum absolute atomic E-state index is 0.0920. The summed E-state index contributed by atoms with van der Waals surface area (Å²) >= 11 is 0. The predicted molar refractivity (Wildman–Crippen MR) is 54.6 cm³/mol.